The topological polar surface area (TPSA) is 46.1 Å². The van der Waals surface area contributed by atoms with E-state index >= 15 is 0 Å². The maximum absolute atomic E-state index is 12.3. The van der Waals surface area contributed by atoms with Gasteiger partial charge in [-0.2, -0.15) is 0 Å². The lowest BCUT2D eigenvalue weighted by Crippen LogP contribution is -2.30. The first-order valence-electron chi connectivity index (χ1n) is 5.96. The van der Waals surface area contributed by atoms with Crippen molar-refractivity contribution < 1.29 is 4.79 Å². The molecule has 0 aliphatic rings. The van der Waals surface area contributed by atoms with E-state index in [2.05, 4.69) is 32.4 Å². The van der Waals surface area contributed by atoms with Gasteiger partial charge in [0.05, 0.1) is 5.69 Å². The molecule has 1 heterocycles. The predicted octanol–water partition coefficient (Wildman–Crippen LogP) is 3.08. The van der Waals surface area contributed by atoms with Crippen LogP contribution >= 0.6 is 27.5 Å². The molecule has 1 unspecified atom stereocenters. The second kappa shape index (κ2) is 6.10. The Labute approximate surface area is 121 Å². The van der Waals surface area contributed by atoms with Crippen LogP contribution in [0.2, 0.25) is 0 Å². The van der Waals surface area contributed by atoms with Gasteiger partial charge in [0, 0.05) is 23.8 Å². The van der Waals surface area contributed by atoms with Crippen molar-refractivity contribution in [1.29, 1.82) is 0 Å². The number of carbonyl (C=O) groups excluding carboxylic acids is 1. The summed E-state index contributed by atoms with van der Waals surface area (Å²) in [6.45, 7) is 8.93. The molecular formula is C12H20BrN3OS. The molecule has 0 spiro atoms. The van der Waals surface area contributed by atoms with Crippen molar-refractivity contribution in [1.82, 2.24) is 14.5 Å². The summed E-state index contributed by atoms with van der Waals surface area (Å²) in [4.78, 5) is 15.1. The Bertz CT molecular complexity index is 412. The smallest absolute Gasteiger partial charge is 0.267 e. The molecule has 4 nitrogen and oxygen atoms in total. The van der Waals surface area contributed by atoms with Crippen molar-refractivity contribution in [3.05, 3.63) is 10.6 Å². The highest BCUT2D eigenvalue weighted by molar-refractivity contribution is 9.09. The number of carbonyl (C=O) groups is 1. The second-order valence-corrected chi connectivity index (χ2v) is 7.81. The summed E-state index contributed by atoms with van der Waals surface area (Å²) in [7, 11) is 1.82. The molecule has 102 valence electrons. The van der Waals surface area contributed by atoms with E-state index in [0.29, 0.717) is 9.70 Å². The van der Waals surface area contributed by atoms with Crippen LogP contribution in [0, 0.1) is 0 Å². The molecule has 1 aromatic heterocycles. The van der Waals surface area contributed by atoms with E-state index in [-0.39, 0.29) is 11.3 Å². The SMILES string of the molecule is CC(Br)CCN(C)C(=O)c1snnc1C(C)(C)C. The lowest BCUT2D eigenvalue weighted by Gasteiger charge is -2.20. The average Bonchev–Trinajstić information content (AvgIpc) is 2.72. The van der Waals surface area contributed by atoms with Crippen LogP contribution in [0.25, 0.3) is 0 Å². The van der Waals surface area contributed by atoms with Gasteiger partial charge in [-0.25, -0.2) is 0 Å². The fourth-order valence-electron chi connectivity index (χ4n) is 1.47. The largest absolute Gasteiger partial charge is 0.341 e. The zero-order valence-corrected chi connectivity index (χ0v) is 13.9. The summed E-state index contributed by atoms with van der Waals surface area (Å²) >= 11 is 4.67. The Morgan fingerprint density at radius 2 is 2.11 bits per heavy atom. The molecule has 0 aliphatic carbocycles. The summed E-state index contributed by atoms with van der Waals surface area (Å²) in [5.74, 6) is 0.0167. The fraction of sp³-hybridized carbons (Fsp3) is 0.750. The highest BCUT2D eigenvalue weighted by atomic mass is 79.9. The van der Waals surface area contributed by atoms with Crippen molar-refractivity contribution in [2.75, 3.05) is 13.6 Å². The van der Waals surface area contributed by atoms with Gasteiger partial charge in [0.15, 0.2) is 0 Å². The van der Waals surface area contributed by atoms with Gasteiger partial charge in [0.2, 0.25) is 0 Å². The van der Waals surface area contributed by atoms with Crippen molar-refractivity contribution in [2.45, 2.75) is 44.4 Å². The maximum atomic E-state index is 12.3. The summed E-state index contributed by atoms with van der Waals surface area (Å²) in [6.07, 6.45) is 0.930. The molecule has 0 aromatic carbocycles. The van der Waals surface area contributed by atoms with Crippen molar-refractivity contribution >= 4 is 33.4 Å². The average molecular weight is 334 g/mol. The van der Waals surface area contributed by atoms with Crippen LogP contribution in [0.5, 0.6) is 0 Å². The van der Waals surface area contributed by atoms with E-state index in [1.807, 2.05) is 27.8 Å². The van der Waals surface area contributed by atoms with Gasteiger partial charge in [-0.05, 0) is 18.0 Å². The molecule has 1 atom stereocenters. The molecule has 0 saturated heterocycles. The third-order valence-electron chi connectivity index (χ3n) is 2.60. The Kier molecular flexibility index (Phi) is 5.28. The van der Waals surface area contributed by atoms with E-state index in [1.165, 1.54) is 11.5 Å². The van der Waals surface area contributed by atoms with Crippen molar-refractivity contribution in [3.8, 4) is 0 Å². The minimum Gasteiger partial charge on any atom is -0.341 e. The number of rotatable bonds is 4. The van der Waals surface area contributed by atoms with Crippen LogP contribution in [0.4, 0.5) is 0 Å². The molecule has 18 heavy (non-hydrogen) atoms. The van der Waals surface area contributed by atoms with E-state index < -0.39 is 0 Å². The Hall–Kier alpha value is -0.490. The fourth-order valence-corrected chi connectivity index (χ4v) is 2.54. The Morgan fingerprint density at radius 1 is 1.50 bits per heavy atom. The summed E-state index contributed by atoms with van der Waals surface area (Å²) in [6, 6.07) is 0. The zero-order valence-electron chi connectivity index (χ0n) is 11.5. The third-order valence-corrected chi connectivity index (χ3v) is 3.77. The van der Waals surface area contributed by atoms with E-state index in [0.717, 1.165) is 18.7 Å². The lowest BCUT2D eigenvalue weighted by molar-refractivity contribution is 0.0796. The number of hydrogen-bond acceptors (Lipinski definition) is 4. The van der Waals surface area contributed by atoms with Crippen LogP contribution in [-0.4, -0.2) is 38.8 Å². The zero-order chi connectivity index (χ0) is 13.9. The standard InChI is InChI=1S/C12H20BrN3OS/c1-8(13)6-7-16(5)11(17)9-10(12(2,3)4)14-15-18-9/h8H,6-7H2,1-5H3. The van der Waals surface area contributed by atoms with Gasteiger partial charge in [-0.15, -0.1) is 5.10 Å². The first-order valence-corrected chi connectivity index (χ1v) is 7.64. The van der Waals surface area contributed by atoms with Crippen molar-refractivity contribution in [2.24, 2.45) is 0 Å². The first-order chi connectivity index (χ1) is 8.23. The second-order valence-electron chi connectivity index (χ2n) is 5.50. The Balaban J connectivity index is 2.81. The monoisotopic (exact) mass is 333 g/mol. The van der Waals surface area contributed by atoms with Gasteiger partial charge in [-0.3, -0.25) is 4.79 Å². The minimum absolute atomic E-state index is 0.0167. The van der Waals surface area contributed by atoms with Gasteiger partial charge in [0.25, 0.3) is 5.91 Å². The van der Waals surface area contributed by atoms with E-state index in [9.17, 15) is 4.79 Å². The normalized spacial score (nSPS) is 13.4. The van der Waals surface area contributed by atoms with Gasteiger partial charge >= 0.3 is 0 Å². The number of nitrogens with zero attached hydrogens (tertiary/aromatic N) is 3. The molecule has 6 heteroatoms. The van der Waals surface area contributed by atoms with Crippen LogP contribution in [0.15, 0.2) is 0 Å². The lowest BCUT2D eigenvalue weighted by atomic mass is 9.91. The third kappa shape index (κ3) is 4.02. The van der Waals surface area contributed by atoms with E-state index in [4.69, 9.17) is 0 Å². The van der Waals surface area contributed by atoms with Crippen LogP contribution in [0.3, 0.4) is 0 Å². The molecule has 0 aliphatic heterocycles. The molecular weight excluding hydrogens is 314 g/mol. The van der Waals surface area contributed by atoms with Crippen LogP contribution < -0.4 is 0 Å². The summed E-state index contributed by atoms with van der Waals surface area (Å²) < 4.78 is 3.92. The van der Waals surface area contributed by atoms with Crippen LogP contribution in [0.1, 0.15) is 49.5 Å². The number of amides is 1. The number of aromatic nitrogens is 2. The predicted molar refractivity (Wildman–Crippen MR) is 78.6 cm³/mol. The molecule has 1 rings (SSSR count). The molecule has 1 amide bonds. The maximum Gasteiger partial charge on any atom is 0.267 e. The first kappa shape index (κ1) is 15.6. The molecule has 0 fully saturated rings. The number of alkyl halides is 1. The van der Waals surface area contributed by atoms with Crippen LogP contribution in [-0.2, 0) is 5.41 Å². The molecule has 1 aromatic rings. The number of halogens is 1. The van der Waals surface area contributed by atoms with Gasteiger partial charge in [-0.1, -0.05) is 48.1 Å². The quantitative estimate of drug-likeness (QED) is 0.795. The Morgan fingerprint density at radius 3 is 2.61 bits per heavy atom. The molecule has 0 N–H and O–H groups in total. The molecule has 0 bridgehead atoms. The number of hydrogen-bond donors (Lipinski definition) is 0. The highest BCUT2D eigenvalue weighted by Crippen LogP contribution is 2.26. The molecule has 0 saturated carbocycles. The molecule has 0 radical (unpaired) electrons. The van der Waals surface area contributed by atoms with Crippen molar-refractivity contribution in [3.63, 3.8) is 0 Å². The van der Waals surface area contributed by atoms with E-state index in [1.54, 1.807) is 4.90 Å². The highest BCUT2D eigenvalue weighted by Gasteiger charge is 2.27. The van der Waals surface area contributed by atoms with Gasteiger partial charge in [0.1, 0.15) is 4.88 Å². The summed E-state index contributed by atoms with van der Waals surface area (Å²) in [5.41, 5.74) is 0.637. The minimum atomic E-state index is -0.151. The van der Waals surface area contributed by atoms with Gasteiger partial charge < -0.3 is 4.90 Å². The summed E-state index contributed by atoms with van der Waals surface area (Å²) in [5, 5.41) is 4.10.